The van der Waals surface area contributed by atoms with E-state index >= 15 is 0 Å². The van der Waals surface area contributed by atoms with Crippen molar-refractivity contribution in [2.24, 2.45) is 0 Å². The van der Waals surface area contributed by atoms with Crippen LogP contribution in [0.15, 0.2) is 16.3 Å². The molecule has 3 rings (SSSR count). The number of carbonyl (C=O) groups is 1. The molecule has 2 aliphatic heterocycles. The van der Waals surface area contributed by atoms with Gasteiger partial charge in [0.15, 0.2) is 0 Å². The molecule has 0 N–H and O–H groups in total. The van der Waals surface area contributed by atoms with E-state index in [1.54, 1.807) is 11.0 Å². The molecule has 21 heavy (non-hydrogen) atoms. The molecule has 8 heteroatoms. The number of carbonyl (C=O) groups excluding carboxylic acids is 1. The molecule has 1 aromatic rings. The van der Waals surface area contributed by atoms with Gasteiger partial charge in [-0.15, -0.1) is 11.3 Å². The zero-order valence-electron chi connectivity index (χ0n) is 11.8. The van der Waals surface area contributed by atoms with Crippen LogP contribution in [-0.2, 0) is 14.8 Å². The van der Waals surface area contributed by atoms with Crippen molar-refractivity contribution in [3.8, 4) is 0 Å². The molecule has 0 aromatic carbocycles. The average Bonchev–Trinajstić information content (AvgIpc) is 3.08. The van der Waals surface area contributed by atoms with Gasteiger partial charge in [0, 0.05) is 24.0 Å². The third-order valence-electron chi connectivity index (χ3n) is 3.97. The van der Waals surface area contributed by atoms with E-state index < -0.39 is 10.0 Å². The summed E-state index contributed by atoms with van der Waals surface area (Å²) in [4.78, 5) is 14.3. The Morgan fingerprint density at radius 3 is 2.48 bits per heavy atom. The van der Waals surface area contributed by atoms with Crippen LogP contribution in [0.3, 0.4) is 0 Å². The molecule has 1 amide bonds. The number of piperidine rings is 1. The van der Waals surface area contributed by atoms with Gasteiger partial charge in [0.2, 0.25) is 0 Å². The third-order valence-corrected chi connectivity index (χ3v) is 7.33. The molecule has 0 atom stereocenters. The zero-order chi connectivity index (χ0) is 15.0. The molecule has 1 aromatic heterocycles. The van der Waals surface area contributed by atoms with Gasteiger partial charge in [-0.1, -0.05) is 0 Å². The first-order valence-corrected chi connectivity index (χ1v) is 9.24. The smallest absolute Gasteiger partial charge is 0.410 e. The molecule has 0 bridgehead atoms. The summed E-state index contributed by atoms with van der Waals surface area (Å²) < 4.78 is 31.9. The number of aryl methyl sites for hydroxylation is 1. The molecule has 0 radical (unpaired) electrons. The van der Waals surface area contributed by atoms with Crippen LogP contribution >= 0.6 is 11.3 Å². The van der Waals surface area contributed by atoms with E-state index in [1.165, 1.54) is 15.6 Å². The number of ether oxygens (including phenoxy) is 1. The minimum atomic E-state index is -3.38. The van der Waals surface area contributed by atoms with Gasteiger partial charge in [-0.05, 0) is 31.9 Å². The van der Waals surface area contributed by atoms with E-state index in [2.05, 4.69) is 0 Å². The van der Waals surface area contributed by atoms with E-state index in [1.807, 2.05) is 13.0 Å². The Balaban J connectivity index is 1.67. The standard InChI is InChI=1S/C13H18N2O4S2/c1-10-2-3-12(20-10)21(17,18)14-6-4-11(5-7-14)15-8-9-19-13(15)16/h2-3,11H,4-9H2,1H3. The maximum Gasteiger partial charge on any atom is 0.410 e. The first-order valence-electron chi connectivity index (χ1n) is 6.98. The van der Waals surface area contributed by atoms with E-state index in [-0.39, 0.29) is 12.1 Å². The Bertz CT molecular complexity index is 632. The predicted octanol–water partition coefficient (Wildman–Crippen LogP) is 1.66. The zero-order valence-corrected chi connectivity index (χ0v) is 13.5. The van der Waals surface area contributed by atoms with Crippen molar-refractivity contribution in [1.29, 1.82) is 0 Å². The monoisotopic (exact) mass is 330 g/mol. The van der Waals surface area contributed by atoms with Crippen molar-refractivity contribution in [3.63, 3.8) is 0 Å². The number of nitrogens with zero attached hydrogens (tertiary/aromatic N) is 2. The van der Waals surface area contributed by atoms with Crippen molar-refractivity contribution in [2.75, 3.05) is 26.2 Å². The van der Waals surface area contributed by atoms with Crippen molar-refractivity contribution >= 4 is 27.5 Å². The van der Waals surface area contributed by atoms with Crippen LogP contribution < -0.4 is 0 Å². The molecule has 0 spiro atoms. The maximum atomic E-state index is 12.5. The van der Waals surface area contributed by atoms with Crippen molar-refractivity contribution < 1.29 is 17.9 Å². The number of rotatable bonds is 3. The summed E-state index contributed by atoms with van der Waals surface area (Å²) in [7, 11) is -3.38. The number of sulfonamides is 1. The highest BCUT2D eigenvalue weighted by molar-refractivity contribution is 7.91. The van der Waals surface area contributed by atoms with Crippen LogP contribution in [0.1, 0.15) is 17.7 Å². The Morgan fingerprint density at radius 1 is 1.24 bits per heavy atom. The lowest BCUT2D eigenvalue weighted by atomic mass is 10.1. The third kappa shape index (κ3) is 2.79. The van der Waals surface area contributed by atoms with E-state index in [0.717, 1.165) is 4.88 Å². The van der Waals surface area contributed by atoms with Crippen LogP contribution in [0.25, 0.3) is 0 Å². The SMILES string of the molecule is Cc1ccc(S(=O)(=O)N2CCC(N3CCOC3=O)CC2)s1. The van der Waals surface area contributed by atoms with Gasteiger partial charge in [-0.25, -0.2) is 13.2 Å². The quantitative estimate of drug-likeness (QED) is 0.845. The van der Waals surface area contributed by atoms with E-state index in [4.69, 9.17) is 4.74 Å². The lowest BCUT2D eigenvalue weighted by Gasteiger charge is -2.34. The molecule has 116 valence electrons. The van der Waals surface area contributed by atoms with Gasteiger partial charge in [-0.2, -0.15) is 4.31 Å². The number of cyclic esters (lactones) is 1. The average molecular weight is 330 g/mol. The lowest BCUT2D eigenvalue weighted by molar-refractivity contribution is 0.134. The Morgan fingerprint density at radius 2 is 1.95 bits per heavy atom. The second-order valence-electron chi connectivity index (χ2n) is 5.31. The van der Waals surface area contributed by atoms with Gasteiger partial charge in [-0.3, -0.25) is 0 Å². The van der Waals surface area contributed by atoms with Crippen LogP contribution in [0.4, 0.5) is 4.79 Å². The fraction of sp³-hybridized carbons (Fsp3) is 0.615. The van der Waals surface area contributed by atoms with Gasteiger partial charge in [0.25, 0.3) is 10.0 Å². The Kier molecular flexibility index (Phi) is 3.94. The topological polar surface area (TPSA) is 66.9 Å². The fourth-order valence-electron chi connectivity index (χ4n) is 2.81. The summed E-state index contributed by atoms with van der Waals surface area (Å²) in [6, 6.07) is 3.58. The van der Waals surface area contributed by atoms with Gasteiger partial charge < -0.3 is 9.64 Å². The molecule has 3 heterocycles. The molecule has 6 nitrogen and oxygen atoms in total. The molecule has 2 saturated heterocycles. The first kappa shape index (κ1) is 14.8. The summed E-state index contributed by atoms with van der Waals surface area (Å²) in [5.74, 6) is 0. The van der Waals surface area contributed by atoms with Crippen molar-refractivity contribution in [3.05, 3.63) is 17.0 Å². The highest BCUT2D eigenvalue weighted by atomic mass is 32.2. The number of thiophene rings is 1. The van der Waals surface area contributed by atoms with Gasteiger partial charge in [0.05, 0.1) is 6.54 Å². The Labute approximate surface area is 128 Å². The number of hydrogen-bond acceptors (Lipinski definition) is 5. The van der Waals surface area contributed by atoms with E-state index in [0.29, 0.717) is 43.3 Å². The summed E-state index contributed by atoms with van der Waals surface area (Å²) >= 11 is 1.30. The summed E-state index contributed by atoms with van der Waals surface area (Å²) in [5, 5.41) is 0. The van der Waals surface area contributed by atoms with Crippen LogP contribution in [0.5, 0.6) is 0 Å². The predicted molar refractivity (Wildman–Crippen MR) is 78.9 cm³/mol. The molecular formula is C13H18N2O4S2. The second-order valence-corrected chi connectivity index (χ2v) is 8.76. The van der Waals surface area contributed by atoms with Crippen molar-refractivity contribution in [1.82, 2.24) is 9.21 Å². The highest BCUT2D eigenvalue weighted by Crippen LogP contribution is 2.28. The summed E-state index contributed by atoms with van der Waals surface area (Å²) in [6.45, 7) is 3.85. The summed E-state index contributed by atoms with van der Waals surface area (Å²) in [6.07, 6.45) is 1.06. The molecule has 2 fully saturated rings. The van der Waals surface area contributed by atoms with Crippen LogP contribution in [0.2, 0.25) is 0 Å². The number of hydrogen-bond donors (Lipinski definition) is 0. The summed E-state index contributed by atoms with van der Waals surface area (Å²) in [5.41, 5.74) is 0. The number of amides is 1. The van der Waals surface area contributed by atoms with E-state index in [9.17, 15) is 13.2 Å². The lowest BCUT2D eigenvalue weighted by Crippen LogP contribution is -2.46. The first-order chi connectivity index (χ1) is 9.98. The second kappa shape index (κ2) is 5.58. The molecule has 0 saturated carbocycles. The highest BCUT2D eigenvalue weighted by Gasteiger charge is 2.36. The Hall–Kier alpha value is -1.12. The minimum Gasteiger partial charge on any atom is -0.448 e. The van der Waals surface area contributed by atoms with Crippen molar-refractivity contribution in [2.45, 2.75) is 30.0 Å². The largest absolute Gasteiger partial charge is 0.448 e. The molecule has 0 aliphatic carbocycles. The fourth-order valence-corrected chi connectivity index (χ4v) is 5.72. The van der Waals surface area contributed by atoms with Gasteiger partial charge >= 0.3 is 6.09 Å². The normalized spacial score (nSPS) is 21.8. The molecule has 0 unspecified atom stereocenters. The molecule has 2 aliphatic rings. The van der Waals surface area contributed by atoms with Crippen LogP contribution in [0, 0.1) is 6.92 Å². The van der Waals surface area contributed by atoms with Crippen LogP contribution in [-0.4, -0.2) is 56.0 Å². The maximum absolute atomic E-state index is 12.5. The van der Waals surface area contributed by atoms with Gasteiger partial charge in [0.1, 0.15) is 10.8 Å². The molecular weight excluding hydrogens is 312 g/mol. The minimum absolute atomic E-state index is 0.0940.